The average molecular weight is 538 g/mol. The molecule has 170 valence electrons. The molecule has 1 saturated heterocycles. The Bertz CT molecular complexity index is 825. The maximum atomic E-state index is 5.44. The summed E-state index contributed by atoms with van der Waals surface area (Å²) in [7, 11) is 5.23. The molecule has 1 atom stereocenters. The van der Waals surface area contributed by atoms with E-state index in [0.717, 1.165) is 50.1 Å². The van der Waals surface area contributed by atoms with Crippen molar-refractivity contribution < 1.29 is 9.47 Å². The number of rotatable bonds is 9. The molecule has 1 aliphatic heterocycles. The Kier molecular flexibility index (Phi) is 10.9. The third-order valence-electron chi connectivity index (χ3n) is 5.59. The zero-order chi connectivity index (χ0) is 21.2. The Hall–Kier alpha value is -2.00. The van der Waals surface area contributed by atoms with Gasteiger partial charge in [-0.3, -0.25) is 9.89 Å². The molecule has 1 heterocycles. The first kappa shape index (κ1) is 25.3. The van der Waals surface area contributed by atoms with E-state index in [1.54, 1.807) is 14.2 Å². The standard InChI is InChI=1S/C24H34N4O2.HI/c1-25-24(26-13-12-19-8-6-10-21(16-19)29-2)27-18-23(28-14-4-5-15-28)20-9-7-11-22(17-20)30-3;/h6-11,16-17,23H,4-5,12-15,18H2,1-3H3,(H2,25,26,27);1H. The molecule has 0 aliphatic carbocycles. The van der Waals surface area contributed by atoms with Gasteiger partial charge in [-0.05, 0) is 67.7 Å². The zero-order valence-electron chi connectivity index (χ0n) is 18.8. The molecule has 0 amide bonds. The van der Waals surface area contributed by atoms with E-state index in [0.29, 0.717) is 6.04 Å². The van der Waals surface area contributed by atoms with E-state index in [1.165, 1.54) is 24.0 Å². The molecule has 0 spiro atoms. The topological polar surface area (TPSA) is 58.1 Å². The highest BCUT2D eigenvalue weighted by molar-refractivity contribution is 14.0. The normalized spacial score (nSPS) is 15.1. The summed E-state index contributed by atoms with van der Waals surface area (Å²) in [6.45, 7) is 3.86. The minimum atomic E-state index is 0. The number of ether oxygens (including phenoxy) is 2. The van der Waals surface area contributed by atoms with Crippen LogP contribution in [-0.2, 0) is 6.42 Å². The molecule has 2 aromatic carbocycles. The average Bonchev–Trinajstić information content (AvgIpc) is 3.33. The molecule has 0 saturated carbocycles. The lowest BCUT2D eigenvalue weighted by atomic mass is 10.1. The minimum Gasteiger partial charge on any atom is -0.497 e. The molecular weight excluding hydrogens is 503 g/mol. The maximum absolute atomic E-state index is 5.44. The lowest BCUT2D eigenvalue weighted by Gasteiger charge is -2.29. The maximum Gasteiger partial charge on any atom is 0.191 e. The lowest BCUT2D eigenvalue weighted by Crippen LogP contribution is -2.43. The number of nitrogens with one attached hydrogen (secondary N) is 2. The van der Waals surface area contributed by atoms with E-state index in [1.807, 2.05) is 25.2 Å². The number of guanidine groups is 1. The molecule has 1 fully saturated rings. The smallest absolute Gasteiger partial charge is 0.191 e. The van der Waals surface area contributed by atoms with Gasteiger partial charge in [0, 0.05) is 20.1 Å². The van der Waals surface area contributed by atoms with Crippen LogP contribution in [0.1, 0.15) is 30.0 Å². The van der Waals surface area contributed by atoms with Gasteiger partial charge in [0.25, 0.3) is 0 Å². The third kappa shape index (κ3) is 7.57. The van der Waals surface area contributed by atoms with E-state index in [-0.39, 0.29) is 24.0 Å². The van der Waals surface area contributed by atoms with Crippen molar-refractivity contribution in [3.63, 3.8) is 0 Å². The lowest BCUT2D eigenvalue weighted by molar-refractivity contribution is 0.245. The number of nitrogens with zero attached hydrogens (tertiary/aromatic N) is 2. The van der Waals surface area contributed by atoms with Crippen LogP contribution < -0.4 is 20.1 Å². The summed E-state index contributed by atoms with van der Waals surface area (Å²) in [5, 5.41) is 6.95. The van der Waals surface area contributed by atoms with E-state index in [9.17, 15) is 0 Å². The number of hydrogen-bond acceptors (Lipinski definition) is 4. The zero-order valence-corrected chi connectivity index (χ0v) is 21.1. The molecule has 31 heavy (non-hydrogen) atoms. The van der Waals surface area contributed by atoms with Crippen molar-refractivity contribution in [1.82, 2.24) is 15.5 Å². The summed E-state index contributed by atoms with van der Waals surface area (Å²) in [6, 6.07) is 16.9. The number of aliphatic imine (C=N–C) groups is 1. The molecule has 7 heteroatoms. The fourth-order valence-electron chi connectivity index (χ4n) is 3.93. The highest BCUT2D eigenvalue weighted by Gasteiger charge is 2.24. The van der Waals surface area contributed by atoms with E-state index in [2.05, 4.69) is 50.9 Å². The van der Waals surface area contributed by atoms with Gasteiger partial charge in [0.2, 0.25) is 0 Å². The van der Waals surface area contributed by atoms with Gasteiger partial charge in [-0.1, -0.05) is 24.3 Å². The SMILES string of the molecule is CN=C(NCCc1cccc(OC)c1)NCC(c1cccc(OC)c1)N1CCCC1.I. The highest BCUT2D eigenvalue weighted by atomic mass is 127. The molecule has 2 N–H and O–H groups in total. The van der Waals surface area contributed by atoms with Crippen LogP contribution in [0.2, 0.25) is 0 Å². The Morgan fingerprint density at radius 2 is 1.68 bits per heavy atom. The van der Waals surface area contributed by atoms with Crippen molar-refractivity contribution >= 4 is 29.9 Å². The quantitative estimate of drug-likeness (QED) is 0.289. The molecular formula is C24H35IN4O2. The predicted molar refractivity (Wildman–Crippen MR) is 138 cm³/mol. The van der Waals surface area contributed by atoms with E-state index < -0.39 is 0 Å². The van der Waals surface area contributed by atoms with Gasteiger partial charge in [-0.15, -0.1) is 24.0 Å². The number of methoxy groups -OCH3 is 2. The Balaban J connectivity index is 0.00000341. The molecule has 1 unspecified atom stereocenters. The summed E-state index contributed by atoms with van der Waals surface area (Å²) in [4.78, 5) is 6.95. The summed E-state index contributed by atoms with van der Waals surface area (Å²) in [5.41, 5.74) is 2.51. The van der Waals surface area contributed by atoms with Crippen LogP contribution in [0, 0.1) is 0 Å². The van der Waals surface area contributed by atoms with E-state index in [4.69, 9.17) is 9.47 Å². The van der Waals surface area contributed by atoms with Crippen molar-refractivity contribution in [2.45, 2.75) is 25.3 Å². The largest absolute Gasteiger partial charge is 0.497 e. The van der Waals surface area contributed by atoms with Crippen molar-refractivity contribution in [1.29, 1.82) is 0 Å². The first-order valence-electron chi connectivity index (χ1n) is 10.7. The summed E-state index contributed by atoms with van der Waals surface area (Å²) >= 11 is 0. The number of likely N-dealkylation sites (tertiary alicyclic amines) is 1. The molecule has 6 nitrogen and oxygen atoms in total. The summed E-state index contributed by atoms with van der Waals surface area (Å²) in [6.07, 6.45) is 3.42. The van der Waals surface area contributed by atoms with Crippen molar-refractivity contribution in [2.75, 3.05) is 47.4 Å². The number of hydrogen-bond donors (Lipinski definition) is 2. The second kappa shape index (κ2) is 13.4. The molecule has 3 rings (SSSR count). The Morgan fingerprint density at radius 3 is 2.35 bits per heavy atom. The van der Waals surface area contributed by atoms with Crippen molar-refractivity contribution in [3.8, 4) is 11.5 Å². The van der Waals surface area contributed by atoms with E-state index >= 15 is 0 Å². The third-order valence-corrected chi connectivity index (χ3v) is 5.59. The fourth-order valence-corrected chi connectivity index (χ4v) is 3.93. The first-order valence-corrected chi connectivity index (χ1v) is 10.7. The van der Waals surface area contributed by atoms with Gasteiger partial charge >= 0.3 is 0 Å². The number of benzene rings is 2. The van der Waals surface area contributed by atoms with Gasteiger partial charge < -0.3 is 20.1 Å². The molecule has 0 aromatic heterocycles. The van der Waals surface area contributed by atoms with Gasteiger partial charge in [0.05, 0.1) is 20.3 Å². The minimum absolute atomic E-state index is 0. The van der Waals surface area contributed by atoms with Crippen LogP contribution >= 0.6 is 24.0 Å². The fraction of sp³-hybridized carbons (Fsp3) is 0.458. The van der Waals surface area contributed by atoms with Crippen LogP contribution in [0.5, 0.6) is 11.5 Å². The van der Waals surface area contributed by atoms with Crippen LogP contribution in [-0.4, -0.2) is 58.3 Å². The molecule has 2 aromatic rings. The second-order valence-corrected chi connectivity index (χ2v) is 7.52. The highest BCUT2D eigenvalue weighted by Crippen LogP contribution is 2.27. The first-order chi connectivity index (χ1) is 14.7. The van der Waals surface area contributed by atoms with Gasteiger partial charge in [-0.2, -0.15) is 0 Å². The van der Waals surface area contributed by atoms with Gasteiger partial charge in [0.15, 0.2) is 5.96 Å². The van der Waals surface area contributed by atoms with Gasteiger partial charge in [0.1, 0.15) is 11.5 Å². The number of halogens is 1. The Morgan fingerprint density at radius 1 is 1.00 bits per heavy atom. The van der Waals surface area contributed by atoms with Crippen LogP contribution in [0.15, 0.2) is 53.5 Å². The van der Waals surface area contributed by atoms with Crippen LogP contribution in [0.4, 0.5) is 0 Å². The molecule has 1 aliphatic rings. The summed E-state index contributed by atoms with van der Waals surface area (Å²) in [5.74, 6) is 2.62. The molecule has 0 radical (unpaired) electrons. The monoisotopic (exact) mass is 538 g/mol. The van der Waals surface area contributed by atoms with Crippen molar-refractivity contribution in [3.05, 3.63) is 59.7 Å². The Labute approximate surface area is 203 Å². The van der Waals surface area contributed by atoms with Crippen LogP contribution in [0.3, 0.4) is 0 Å². The van der Waals surface area contributed by atoms with Crippen LogP contribution in [0.25, 0.3) is 0 Å². The van der Waals surface area contributed by atoms with Gasteiger partial charge in [-0.25, -0.2) is 0 Å². The predicted octanol–water partition coefficient (Wildman–Crippen LogP) is 3.87. The van der Waals surface area contributed by atoms with Crippen molar-refractivity contribution in [2.24, 2.45) is 4.99 Å². The molecule has 0 bridgehead atoms. The summed E-state index contributed by atoms with van der Waals surface area (Å²) < 4.78 is 10.7. The second-order valence-electron chi connectivity index (χ2n) is 7.52.